The molecular formula is C7H6Cl2N4. The van der Waals surface area contributed by atoms with Gasteiger partial charge in [0.1, 0.15) is 0 Å². The molecule has 0 atom stereocenters. The topological polar surface area (TPSA) is 56.2 Å². The summed E-state index contributed by atoms with van der Waals surface area (Å²) in [5, 5.41) is 4.92. The summed E-state index contributed by atoms with van der Waals surface area (Å²) in [6.07, 6.45) is 1.63. The number of nitrogens with zero attached hydrogens (tertiary/aromatic N) is 3. The number of aromatic nitrogens is 3. The molecule has 2 heterocycles. The van der Waals surface area contributed by atoms with Crippen molar-refractivity contribution in [1.82, 2.24) is 14.6 Å². The van der Waals surface area contributed by atoms with Crippen molar-refractivity contribution in [2.24, 2.45) is 0 Å². The molecule has 0 unspecified atom stereocenters. The molecule has 0 aliphatic carbocycles. The number of nitrogen functional groups attached to an aromatic ring is 1. The Bertz CT molecular complexity index is 477. The summed E-state index contributed by atoms with van der Waals surface area (Å²) in [4.78, 5) is 3.95. The Morgan fingerprint density at radius 1 is 1.46 bits per heavy atom. The minimum absolute atomic E-state index is 0.184. The van der Waals surface area contributed by atoms with Gasteiger partial charge in [-0.3, -0.25) is 0 Å². The van der Waals surface area contributed by atoms with Crippen LogP contribution in [-0.2, 0) is 0 Å². The van der Waals surface area contributed by atoms with Crippen molar-refractivity contribution < 1.29 is 0 Å². The summed E-state index contributed by atoms with van der Waals surface area (Å²) in [5.74, 6) is 0.184. The highest BCUT2D eigenvalue weighted by Crippen LogP contribution is 2.26. The molecular weight excluding hydrogens is 211 g/mol. The van der Waals surface area contributed by atoms with Gasteiger partial charge in [0, 0.05) is 0 Å². The number of hydrogen-bond donors (Lipinski definition) is 1. The molecule has 0 saturated carbocycles. The number of hydrogen-bond acceptors (Lipinski definition) is 3. The van der Waals surface area contributed by atoms with Crippen molar-refractivity contribution in [3.8, 4) is 0 Å². The summed E-state index contributed by atoms with van der Waals surface area (Å²) >= 11 is 11.9. The van der Waals surface area contributed by atoms with Crippen LogP contribution < -0.4 is 5.73 Å². The van der Waals surface area contributed by atoms with Crippen LogP contribution in [0.5, 0.6) is 0 Å². The maximum Gasteiger partial charge on any atom is 0.240 e. The lowest BCUT2D eigenvalue weighted by atomic mass is 10.3. The first-order valence-electron chi connectivity index (χ1n) is 3.56. The van der Waals surface area contributed by atoms with Crippen LogP contribution in [0.15, 0.2) is 6.20 Å². The Morgan fingerprint density at radius 2 is 2.15 bits per heavy atom. The molecule has 2 rings (SSSR count). The van der Waals surface area contributed by atoms with Gasteiger partial charge in [-0.2, -0.15) is 4.98 Å². The van der Waals surface area contributed by atoms with Gasteiger partial charge in [-0.25, -0.2) is 4.52 Å². The lowest BCUT2D eigenvalue weighted by molar-refractivity contribution is 0.965. The van der Waals surface area contributed by atoms with E-state index in [1.807, 2.05) is 6.92 Å². The van der Waals surface area contributed by atoms with Gasteiger partial charge in [-0.15, -0.1) is 5.10 Å². The van der Waals surface area contributed by atoms with E-state index in [1.165, 1.54) is 4.52 Å². The third-order valence-corrected chi connectivity index (χ3v) is 2.60. The fraction of sp³-hybridized carbons (Fsp3) is 0.143. The molecule has 2 aromatic heterocycles. The SMILES string of the molecule is Cc1c(Cl)cn2nc(N)nc2c1Cl. The fourth-order valence-corrected chi connectivity index (χ4v) is 1.52. The van der Waals surface area contributed by atoms with E-state index in [0.717, 1.165) is 5.56 Å². The van der Waals surface area contributed by atoms with Crippen LogP contribution in [0.2, 0.25) is 10.0 Å². The van der Waals surface area contributed by atoms with Crippen molar-refractivity contribution in [1.29, 1.82) is 0 Å². The molecule has 0 aliphatic rings. The largest absolute Gasteiger partial charge is 0.366 e. The van der Waals surface area contributed by atoms with Gasteiger partial charge in [0.25, 0.3) is 0 Å². The second-order valence-electron chi connectivity index (χ2n) is 2.65. The van der Waals surface area contributed by atoms with E-state index in [9.17, 15) is 0 Å². The molecule has 13 heavy (non-hydrogen) atoms. The summed E-state index contributed by atoms with van der Waals surface area (Å²) in [6, 6.07) is 0. The Hall–Kier alpha value is -1.00. The van der Waals surface area contributed by atoms with Gasteiger partial charge < -0.3 is 5.73 Å². The van der Waals surface area contributed by atoms with Crippen LogP contribution in [0.4, 0.5) is 5.95 Å². The lowest BCUT2D eigenvalue weighted by Crippen LogP contribution is -1.91. The molecule has 6 heteroatoms. The molecule has 0 saturated heterocycles. The van der Waals surface area contributed by atoms with Gasteiger partial charge >= 0.3 is 0 Å². The molecule has 0 amide bonds. The first-order valence-corrected chi connectivity index (χ1v) is 4.31. The van der Waals surface area contributed by atoms with Crippen molar-refractivity contribution in [2.75, 3.05) is 5.73 Å². The smallest absolute Gasteiger partial charge is 0.240 e. The highest BCUT2D eigenvalue weighted by Gasteiger charge is 2.10. The number of rotatable bonds is 0. The quantitative estimate of drug-likeness (QED) is 0.733. The van der Waals surface area contributed by atoms with Crippen molar-refractivity contribution in [3.63, 3.8) is 0 Å². The molecule has 0 aliphatic heterocycles. The molecule has 0 bridgehead atoms. The molecule has 0 spiro atoms. The molecule has 2 N–H and O–H groups in total. The first kappa shape index (κ1) is 8.59. The predicted molar refractivity (Wildman–Crippen MR) is 52.2 cm³/mol. The van der Waals surface area contributed by atoms with E-state index in [-0.39, 0.29) is 5.95 Å². The van der Waals surface area contributed by atoms with Crippen LogP contribution in [0, 0.1) is 6.92 Å². The van der Waals surface area contributed by atoms with E-state index in [2.05, 4.69) is 10.1 Å². The third-order valence-electron chi connectivity index (χ3n) is 1.77. The van der Waals surface area contributed by atoms with E-state index < -0.39 is 0 Å². The summed E-state index contributed by atoms with van der Waals surface area (Å²) in [7, 11) is 0. The molecule has 0 fully saturated rings. The number of anilines is 1. The van der Waals surface area contributed by atoms with Crippen LogP contribution in [0.3, 0.4) is 0 Å². The molecule has 0 aromatic carbocycles. The Morgan fingerprint density at radius 3 is 2.85 bits per heavy atom. The van der Waals surface area contributed by atoms with E-state index in [1.54, 1.807) is 6.20 Å². The Balaban J connectivity index is 2.92. The number of pyridine rings is 1. The molecule has 0 radical (unpaired) electrons. The highest BCUT2D eigenvalue weighted by atomic mass is 35.5. The predicted octanol–water partition coefficient (Wildman–Crippen LogP) is 1.93. The fourth-order valence-electron chi connectivity index (χ4n) is 1.06. The van der Waals surface area contributed by atoms with Crippen LogP contribution >= 0.6 is 23.2 Å². The Kier molecular flexibility index (Phi) is 1.82. The minimum atomic E-state index is 0.184. The highest BCUT2D eigenvalue weighted by molar-refractivity contribution is 6.37. The van der Waals surface area contributed by atoms with E-state index >= 15 is 0 Å². The van der Waals surface area contributed by atoms with E-state index in [0.29, 0.717) is 15.7 Å². The van der Waals surface area contributed by atoms with Crippen LogP contribution in [0.1, 0.15) is 5.56 Å². The maximum atomic E-state index is 5.98. The number of halogens is 2. The second-order valence-corrected chi connectivity index (χ2v) is 3.44. The maximum absolute atomic E-state index is 5.98. The average Bonchev–Trinajstić information content (AvgIpc) is 2.42. The zero-order valence-electron chi connectivity index (χ0n) is 6.75. The molecule has 4 nitrogen and oxygen atoms in total. The van der Waals surface area contributed by atoms with Gasteiger partial charge in [-0.1, -0.05) is 23.2 Å². The summed E-state index contributed by atoms with van der Waals surface area (Å²) in [6.45, 7) is 1.82. The summed E-state index contributed by atoms with van der Waals surface area (Å²) in [5.41, 5.74) is 6.72. The van der Waals surface area contributed by atoms with Gasteiger partial charge in [0.05, 0.1) is 16.2 Å². The van der Waals surface area contributed by atoms with E-state index in [4.69, 9.17) is 28.9 Å². The summed E-state index contributed by atoms with van der Waals surface area (Å²) < 4.78 is 1.47. The van der Waals surface area contributed by atoms with Gasteiger partial charge in [0.2, 0.25) is 5.95 Å². The van der Waals surface area contributed by atoms with Gasteiger partial charge in [-0.05, 0) is 12.5 Å². The van der Waals surface area contributed by atoms with Crippen molar-refractivity contribution in [2.45, 2.75) is 6.92 Å². The standard InChI is InChI=1S/C7H6Cl2N4/c1-3-4(8)2-13-6(5(3)9)11-7(10)12-13/h2H,1H3,(H2,10,12). The zero-order valence-corrected chi connectivity index (χ0v) is 8.26. The zero-order chi connectivity index (χ0) is 9.59. The number of fused-ring (bicyclic) bond motifs is 1. The second kappa shape index (κ2) is 2.75. The van der Waals surface area contributed by atoms with Crippen LogP contribution in [-0.4, -0.2) is 14.6 Å². The normalized spacial score (nSPS) is 11.0. The lowest BCUT2D eigenvalue weighted by Gasteiger charge is -2.00. The average molecular weight is 217 g/mol. The Labute approximate surface area is 84.3 Å². The van der Waals surface area contributed by atoms with Gasteiger partial charge in [0.15, 0.2) is 5.65 Å². The van der Waals surface area contributed by atoms with Crippen LogP contribution in [0.25, 0.3) is 5.65 Å². The molecule has 68 valence electrons. The van der Waals surface area contributed by atoms with Crippen molar-refractivity contribution in [3.05, 3.63) is 21.8 Å². The van der Waals surface area contributed by atoms with Crippen molar-refractivity contribution >= 4 is 34.8 Å². The monoisotopic (exact) mass is 216 g/mol. The minimum Gasteiger partial charge on any atom is -0.366 e. The molecule has 2 aromatic rings. The number of nitrogens with two attached hydrogens (primary N) is 1. The first-order chi connectivity index (χ1) is 6.09. The third kappa shape index (κ3) is 1.22.